The minimum Gasteiger partial charge on any atom is -0.207 e. The molecule has 0 aliphatic carbocycles. The first-order valence-electron chi connectivity index (χ1n) is 2.41. The van der Waals surface area contributed by atoms with Crippen molar-refractivity contribution in [3.05, 3.63) is 31.6 Å². The van der Waals surface area contributed by atoms with E-state index in [0.29, 0.717) is 8.59 Å². The first kappa shape index (κ1) is 8.56. The molecule has 1 aromatic carbocycles. The van der Waals surface area contributed by atoms with Crippen LogP contribution in [0.4, 0.5) is 4.39 Å². The fraction of sp³-hybridized carbons (Fsp3) is 0. The molecule has 0 saturated carbocycles. The van der Waals surface area contributed by atoms with Gasteiger partial charge in [-0.1, -0.05) is 23.2 Å². The molecule has 0 nitrogen and oxygen atoms in total. The van der Waals surface area contributed by atoms with Gasteiger partial charge in [0.15, 0.2) is 0 Å². The van der Waals surface area contributed by atoms with Crippen LogP contribution in [-0.4, -0.2) is 0 Å². The first-order valence-corrected chi connectivity index (χ1v) is 4.25. The zero-order valence-electron chi connectivity index (χ0n) is 4.67. The monoisotopic (exact) mass is 290 g/mol. The highest BCUT2D eigenvalue weighted by Crippen LogP contribution is 2.27. The van der Waals surface area contributed by atoms with Gasteiger partial charge in [0.1, 0.15) is 5.82 Å². The summed E-state index contributed by atoms with van der Waals surface area (Å²) in [5.74, 6) is -0.362. The standard InChI is InChI=1S/C6H2Cl2FI/c7-4-1-3(9)2-5(10)6(4)8/h1-2H. The fourth-order valence-electron chi connectivity index (χ4n) is 0.525. The Balaban J connectivity index is 3.31. The van der Waals surface area contributed by atoms with E-state index >= 15 is 0 Å². The van der Waals surface area contributed by atoms with Crippen molar-refractivity contribution in [2.45, 2.75) is 0 Å². The normalized spacial score (nSPS) is 10.0. The number of rotatable bonds is 0. The Morgan fingerprint density at radius 2 is 1.90 bits per heavy atom. The molecule has 4 heteroatoms. The number of hydrogen-bond acceptors (Lipinski definition) is 0. The van der Waals surface area contributed by atoms with E-state index in [1.807, 2.05) is 22.6 Å². The zero-order valence-corrected chi connectivity index (χ0v) is 8.34. The molecule has 1 rings (SSSR count). The number of benzene rings is 1. The van der Waals surface area contributed by atoms with Gasteiger partial charge in [-0.3, -0.25) is 0 Å². The maximum absolute atomic E-state index is 12.5. The summed E-state index contributed by atoms with van der Waals surface area (Å²) < 4.78 is 13.1. The van der Waals surface area contributed by atoms with E-state index in [-0.39, 0.29) is 10.8 Å². The van der Waals surface area contributed by atoms with Crippen LogP contribution in [0.5, 0.6) is 0 Å². The van der Waals surface area contributed by atoms with Gasteiger partial charge in [0.05, 0.1) is 10.0 Å². The molecule has 0 unspecified atom stereocenters. The summed E-state index contributed by atoms with van der Waals surface area (Å²) in [6.07, 6.45) is 0. The van der Waals surface area contributed by atoms with Crippen LogP contribution in [0, 0.1) is 9.39 Å². The average molecular weight is 291 g/mol. The van der Waals surface area contributed by atoms with E-state index < -0.39 is 0 Å². The van der Waals surface area contributed by atoms with E-state index in [9.17, 15) is 4.39 Å². The molecule has 0 bridgehead atoms. The van der Waals surface area contributed by atoms with E-state index in [1.165, 1.54) is 12.1 Å². The van der Waals surface area contributed by atoms with Crippen molar-refractivity contribution >= 4 is 45.8 Å². The van der Waals surface area contributed by atoms with Gasteiger partial charge in [-0.15, -0.1) is 0 Å². The van der Waals surface area contributed by atoms with Crippen LogP contribution in [0.2, 0.25) is 10.0 Å². The van der Waals surface area contributed by atoms with Crippen molar-refractivity contribution in [3.8, 4) is 0 Å². The van der Waals surface area contributed by atoms with Gasteiger partial charge < -0.3 is 0 Å². The molecular formula is C6H2Cl2FI. The van der Waals surface area contributed by atoms with Crippen LogP contribution in [0.3, 0.4) is 0 Å². The van der Waals surface area contributed by atoms with Crippen LogP contribution >= 0.6 is 45.8 Å². The second-order valence-corrected chi connectivity index (χ2v) is 3.63. The molecule has 0 spiro atoms. The smallest absolute Gasteiger partial charge is 0.125 e. The Bertz CT molecular complexity index is 239. The summed E-state index contributed by atoms with van der Waals surface area (Å²) >= 11 is 13.1. The van der Waals surface area contributed by atoms with E-state index in [4.69, 9.17) is 23.2 Å². The second-order valence-electron chi connectivity index (χ2n) is 1.68. The lowest BCUT2D eigenvalue weighted by Crippen LogP contribution is -1.79. The van der Waals surface area contributed by atoms with Gasteiger partial charge in [-0.2, -0.15) is 0 Å². The topological polar surface area (TPSA) is 0 Å². The van der Waals surface area contributed by atoms with E-state index in [0.717, 1.165) is 0 Å². The van der Waals surface area contributed by atoms with Crippen molar-refractivity contribution < 1.29 is 4.39 Å². The zero-order chi connectivity index (χ0) is 7.72. The molecule has 0 aromatic heterocycles. The molecule has 1 aromatic rings. The summed E-state index contributed by atoms with van der Waals surface area (Å²) in [5, 5.41) is 0.662. The molecule has 10 heavy (non-hydrogen) atoms. The lowest BCUT2D eigenvalue weighted by molar-refractivity contribution is 0.627. The largest absolute Gasteiger partial charge is 0.207 e. The van der Waals surface area contributed by atoms with Crippen molar-refractivity contribution in [2.24, 2.45) is 0 Å². The number of hydrogen-bond donors (Lipinski definition) is 0. The van der Waals surface area contributed by atoms with Gasteiger partial charge >= 0.3 is 0 Å². The third-order valence-corrected chi connectivity index (χ3v) is 2.92. The van der Waals surface area contributed by atoms with Crippen LogP contribution in [0.1, 0.15) is 0 Å². The van der Waals surface area contributed by atoms with E-state index in [2.05, 4.69) is 0 Å². The Hall–Kier alpha value is 0.460. The molecule has 0 radical (unpaired) electrons. The predicted octanol–water partition coefficient (Wildman–Crippen LogP) is 3.74. The highest BCUT2D eigenvalue weighted by molar-refractivity contribution is 14.1. The summed E-state index contributed by atoms with van der Waals surface area (Å²) in [6, 6.07) is 2.51. The summed E-state index contributed by atoms with van der Waals surface area (Å²) in [7, 11) is 0. The van der Waals surface area contributed by atoms with Crippen molar-refractivity contribution in [2.75, 3.05) is 0 Å². The average Bonchev–Trinajstić information content (AvgIpc) is 1.82. The minimum absolute atomic E-state index is 0.256. The quantitative estimate of drug-likeness (QED) is 0.388. The predicted molar refractivity (Wildman–Crippen MR) is 49.1 cm³/mol. The molecule has 0 aliphatic rings. The molecule has 54 valence electrons. The highest BCUT2D eigenvalue weighted by atomic mass is 127. The maximum Gasteiger partial charge on any atom is 0.125 e. The third-order valence-electron chi connectivity index (χ3n) is 0.949. The summed E-state index contributed by atoms with van der Waals surface area (Å²) in [5.41, 5.74) is 0. The van der Waals surface area contributed by atoms with Gasteiger partial charge in [-0.25, -0.2) is 4.39 Å². The Morgan fingerprint density at radius 1 is 1.30 bits per heavy atom. The molecule has 0 atom stereocenters. The summed E-state index contributed by atoms with van der Waals surface area (Å²) in [4.78, 5) is 0. The molecule has 0 saturated heterocycles. The van der Waals surface area contributed by atoms with Crippen LogP contribution in [0.25, 0.3) is 0 Å². The lowest BCUT2D eigenvalue weighted by Gasteiger charge is -1.97. The molecule has 0 fully saturated rings. The Kier molecular flexibility index (Phi) is 2.77. The van der Waals surface area contributed by atoms with Crippen molar-refractivity contribution in [3.63, 3.8) is 0 Å². The molecule has 0 N–H and O–H groups in total. The summed E-state index contributed by atoms with van der Waals surface area (Å²) in [6.45, 7) is 0. The molecule has 0 heterocycles. The van der Waals surface area contributed by atoms with Gasteiger partial charge in [0.2, 0.25) is 0 Å². The van der Waals surface area contributed by atoms with Crippen LogP contribution in [0.15, 0.2) is 12.1 Å². The van der Waals surface area contributed by atoms with Crippen molar-refractivity contribution in [1.82, 2.24) is 0 Å². The first-order chi connectivity index (χ1) is 4.61. The third kappa shape index (κ3) is 1.74. The lowest BCUT2D eigenvalue weighted by atomic mass is 10.3. The Morgan fingerprint density at radius 3 is 2.40 bits per heavy atom. The Labute approximate surface area is 81.5 Å². The van der Waals surface area contributed by atoms with Gasteiger partial charge in [0, 0.05) is 3.57 Å². The fourth-order valence-corrected chi connectivity index (χ4v) is 1.59. The second kappa shape index (κ2) is 3.24. The molecule has 0 amide bonds. The van der Waals surface area contributed by atoms with Crippen LogP contribution < -0.4 is 0 Å². The molecule has 0 aliphatic heterocycles. The van der Waals surface area contributed by atoms with Crippen LogP contribution in [-0.2, 0) is 0 Å². The van der Waals surface area contributed by atoms with Crippen molar-refractivity contribution in [1.29, 1.82) is 0 Å². The SMILES string of the molecule is Fc1cc(Cl)c(Cl)c(I)c1. The van der Waals surface area contributed by atoms with E-state index in [1.54, 1.807) is 0 Å². The minimum atomic E-state index is -0.362. The maximum atomic E-state index is 12.5. The highest BCUT2D eigenvalue weighted by Gasteiger charge is 2.03. The number of halogens is 4. The molecular weight excluding hydrogens is 289 g/mol. The van der Waals surface area contributed by atoms with Gasteiger partial charge in [0.25, 0.3) is 0 Å². The van der Waals surface area contributed by atoms with Gasteiger partial charge in [-0.05, 0) is 34.7 Å².